The number of ether oxygens (including phenoxy) is 1. The maximum Gasteiger partial charge on any atom is 0.233 e. The first-order valence-corrected chi connectivity index (χ1v) is 7.74. The summed E-state index contributed by atoms with van der Waals surface area (Å²) in [5.41, 5.74) is 3.69. The van der Waals surface area contributed by atoms with Gasteiger partial charge >= 0.3 is 0 Å². The van der Waals surface area contributed by atoms with Gasteiger partial charge in [0.15, 0.2) is 0 Å². The molecule has 24 heavy (non-hydrogen) atoms. The summed E-state index contributed by atoms with van der Waals surface area (Å²) in [4.78, 5) is 24.0. The zero-order valence-corrected chi connectivity index (χ0v) is 14.2. The molecule has 0 aliphatic rings. The van der Waals surface area contributed by atoms with E-state index in [2.05, 4.69) is 10.6 Å². The minimum absolute atomic E-state index is 0.233. The van der Waals surface area contributed by atoms with E-state index in [9.17, 15) is 9.59 Å². The fraction of sp³-hybridized carbons (Fsp3) is 0.263. The minimum Gasteiger partial charge on any atom is -0.495 e. The second-order valence-electron chi connectivity index (χ2n) is 5.69. The van der Waals surface area contributed by atoms with Crippen molar-refractivity contribution in [2.75, 3.05) is 12.4 Å². The highest BCUT2D eigenvalue weighted by atomic mass is 16.5. The smallest absolute Gasteiger partial charge is 0.233 e. The van der Waals surface area contributed by atoms with E-state index in [-0.39, 0.29) is 18.2 Å². The fourth-order valence-corrected chi connectivity index (χ4v) is 2.34. The highest BCUT2D eigenvalue weighted by molar-refractivity contribution is 6.04. The number of carbonyl (C=O) groups excluding carboxylic acids is 2. The van der Waals surface area contributed by atoms with Crippen LogP contribution in [0, 0.1) is 13.8 Å². The van der Waals surface area contributed by atoms with Gasteiger partial charge in [-0.1, -0.05) is 35.9 Å². The zero-order chi connectivity index (χ0) is 17.5. The van der Waals surface area contributed by atoms with Crippen LogP contribution < -0.4 is 15.4 Å². The van der Waals surface area contributed by atoms with Crippen molar-refractivity contribution >= 4 is 17.5 Å². The van der Waals surface area contributed by atoms with Crippen molar-refractivity contribution in [2.45, 2.75) is 26.8 Å². The zero-order valence-electron chi connectivity index (χ0n) is 14.2. The molecule has 2 N–H and O–H groups in total. The lowest BCUT2D eigenvalue weighted by atomic mass is 10.1. The normalized spacial score (nSPS) is 10.1. The molecule has 0 atom stereocenters. The van der Waals surface area contributed by atoms with Crippen molar-refractivity contribution in [1.82, 2.24) is 5.32 Å². The predicted molar refractivity (Wildman–Crippen MR) is 94.0 cm³/mol. The highest BCUT2D eigenvalue weighted by Gasteiger charge is 2.12. The average Bonchev–Trinajstić information content (AvgIpc) is 2.53. The highest BCUT2D eigenvalue weighted by Crippen LogP contribution is 2.25. The maximum absolute atomic E-state index is 12.0. The van der Waals surface area contributed by atoms with Crippen molar-refractivity contribution in [2.24, 2.45) is 0 Å². The minimum atomic E-state index is -0.374. The summed E-state index contributed by atoms with van der Waals surface area (Å²) in [5, 5.41) is 5.47. The van der Waals surface area contributed by atoms with Gasteiger partial charge in [0.25, 0.3) is 0 Å². The van der Waals surface area contributed by atoms with E-state index in [1.165, 1.54) is 7.11 Å². The third-order valence-electron chi connectivity index (χ3n) is 3.52. The topological polar surface area (TPSA) is 67.4 Å². The van der Waals surface area contributed by atoms with Gasteiger partial charge in [-0.25, -0.2) is 0 Å². The molecule has 0 aromatic heterocycles. The summed E-state index contributed by atoms with van der Waals surface area (Å²) in [7, 11) is 1.54. The van der Waals surface area contributed by atoms with E-state index in [1.54, 1.807) is 12.1 Å². The largest absolute Gasteiger partial charge is 0.495 e. The number of rotatable bonds is 6. The van der Waals surface area contributed by atoms with Gasteiger partial charge in [-0.3, -0.25) is 9.59 Å². The monoisotopic (exact) mass is 326 g/mol. The Hall–Kier alpha value is -2.82. The van der Waals surface area contributed by atoms with Crippen LogP contribution in [-0.2, 0) is 16.1 Å². The van der Waals surface area contributed by atoms with Crippen LogP contribution in [-0.4, -0.2) is 18.9 Å². The molecule has 126 valence electrons. The number of hydrogen-bond acceptors (Lipinski definition) is 3. The SMILES string of the molecule is COc1ccc(C)cc1NC(=O)CC(=O)NCc1cccc(C)c1. The molecule has 0 heterocycles. The second-order valence-corrected chi connectivity index (χ2v) is 5.69. The average molecular weight is 326 g/mol. The van der Waals surface area contributed by atoms with Crippen LogP contribution in [0.1, 0.15) is 23.1 Å². The number of hydrogen-bond donors (Lipinski definition) is 2. The first kappa shape index (κ1) is 17.5. The van der Waals surface area contributed by atoms with Gasteiger partial charge in [-0.15, -0.1) is 0 Å². The van der Waals surface area contributed by atoms with Crippen molar-refractivity contribution in [3.63, 3.8) is 0 Å². The maximum atomic E-state index is 12.0. The molecule has 2 amide bonds. The Labute approximate surface area is 142 Å². The molecule has 2 aromatic rings. The lowest BCUT2D eigenvalue weighted by Gasteiger charge is -2.11. The predicted octanol–water partition coefficient (Wildman–Crippen LogP) is 2.96. The van der Waals surface area contributed by atoms with Crippen LogP contribution in [0.15, 0.2) is 42.5 Å². The summed E-state index contributed by atoms with van der Waals surface area (Å²) in [6.45, 7) is 4.32. The van der Waals surface area contributed by atoms with Crippen molar-refractivity contribution in [1.29, 1.82) is 0 Å². The Morgan fingerprint density at radius 2 is 1.75 bits per heavy atom. The molecule has 5 nitrogen and oxygen atoms in total. The van der Waals surface area contributed by atoms with E-state index in [0.717, 1.165) is 16.7 Å². The number of aryl methyl sites for hydroxylation is 2. The number of methoxy groups -OCH3 is 1. The summed E-state index contributed by atoms with van der Waals surface area (Å²) < 4.78 is 5.21. The summed E-state index contributed by atoms with van der Waals surface area (Å²) in [6.07, 6.45) is -0.233. The molecule has 0 saturated carbocycles. The van der Waals surface area contributed by atoms with Crippen LogP contribution in [0.5, 0.6) is 5.75 Å². The van der Waals surface area contributed by atoms with Crippen molar-refractivity contribution in [3.8, 4) is 5.75 Å². The third-order valence-corrected chi connectivity index (χ3v) is 3.52. The Morgan fingerprint density at radius 3 is 2.46 bits per heavy atom. The molecule has 2 aromatic carbocycles. The number of amides is 2. The number of benzene rings is 2. The van der Waals surface area contributed by atoms with Gasteiger partial charge < -0.3 is 15.4 Å². The van der Waals surface area contributed by atoms with E-state index >= 15 is 0 Å². The molecule has 0 aliphatic carbocycles. The second kappa shape index (κ2) is 8.15. The Bertz CT molecular complexity index is 741. The van der Waals surface area contributed by atoms with Gasteiger partial charge in [-0.05, 0) is 37.1 Å². The van der Waals surface area contributed by atoms with Gasteiger partial charge in [0.1, 0.15) is 12.2 Å². The summed E-state index contributed by atoms with van der Waals surface area (Å²) >= 11 is 0. The molecule has 0 fully saturated rings. The number of anilines is 1. The fourth-order valence-electron chi connectivity index (χ4n) is 2.34. The van der Waals surface area contributed by atoms with Crippen molar-refractivity contribution in [3.05, 3.63) is 59.2 Å². The summed E-state index contributed by atoms with van der Waals surface area (Å²) in [6, 6.07) is 13.3. The molecule has 5 heteroatoms. The molecule has 0 unspecified atom stereocenters. The third kappa shape index (κ3) is 5.12. The van der Waals surface area contributed by atoms with Crippen LogP contribution >= 0.6 is 0 Å². The molecule has 0 aliphatic heterocycles. The lowest BCUT2D eigenvalue weighted by Crippen LogP contribution is -2.27. The van der Waals surface area contributed by atoms with E-state index in [4.69, 9.17) is 4.74 Å². The Balaban J connectivity index is 1.88. The molecule has 0 saturated heterocycles. The molecule has 0 radical (unpaired) electrons. The van der Waals surface area contributed by atoms with Crippen LogP contribution in [0.4, 0.5) is 5.69 Å². The van der Waals surface area contributed by atoms with Crippen LogP contribution in [0.3, 0.4) is 0 Å². The van der Waals surface area contributed by atoms with E-state index < -0.39 is 0 Å². The van der Waals surface area contributed by atoms with E-state index in [1.807, 2.05) is 44.2 Å². The standard InChI is InChI=1S/C19H22N2O3/c1-13-5-4-6-15(9-13)12-20-18(22)11-19(23)21-16-10-14(2)7-8-17(16)24-3/h4-10H,11-12H2,1-3H3,(H,20,22)(H,21,23). The van der Waals surface area contributed by atoms with Crippen LogP contribution in [0.25, 0.3) is 0 Å². The summed E-state index contributed by atoms with van der Waals surface area (Å²) in [5.74, 6) is -0.129. The molecular formula is C19H22N2O3. The van der Waals surface area contributed by atoms with Gasteiger partial charge in [0, 0.05) is 6.54 Å². The van der Waals surface area contributed by atoms with Gasteiger partial charge in [0.2, 0.25) is 11.8 Å². The Morgan fingerprint density at radius 1 is 1.00 bits per heavy atom. The number of carbonyl (C=O) groups is 2. The van der Waals surface area contributed by atoms with Gasteiger partial charge in [-0.2, -0.15) is 0 Å². The number of nitrogens with one attached hydrogen (secondary N) is 2. The van der Waals surface area contributed by atoms with E-state index in [0.29, 0.717) is 18.0 Å². The van der Waals surface area contributed by atoms with Crippen molar-refractivity contribution < 1.29 is 14.3 Å². The lowest BCUT2D eigenvalue weighted by molar-refractivity contribution is -0.126. The molecule has 2 rings (SSSR count). The molecule has 0 spiro atoms. The van der Waals surface area contributed by atoms with Gasteiger partial charge in [0.05, 0.1) is 12.8 Å². The quantitative estimate of drug-likeness (QED) is 0.802. The molecular weight excluding hydrogens is 304 g/mol. The molecule has 0 bridgehead atoms. The van der Waals surface area contributed by atoms with Crippen LogP contribution in [0.2, 0.25) is 0 Å². The first-order chi connectivity index (χ1) is 11.5. The Kier molecular flexibility index (Phi) is 5.95. The first-order valence-electron chi connectivity index (χ1n) is 7.74.